The van der Waals surface area contributed by atoms with Crippen molar-refractivity contribution in [2.75, 3.05) is 39.4 Å². The maximum atomic E-state index is 14.2. The summed E-state index contributed by atoms with van der Waals surface area (Å²) < 4.78 is 11.2. The Kier molecular flexibility index (Phi) is 9.19. The third-order valence-electron chi connectivity index (χ3n) is 8.89. The van der Waals surface area contributed by atoms with Gasteiger partial charge in [0.15, 0.2) is 0 Å². The second kappa shape index (κ2) is 14.2. The predicted octanol–water partition coefficient (Wildman–Crippen LogP) is 7.90. The fourth-order valence-electron chi connectivity index (χ4n) is 6.44. The minimum atomic E-state index is -0.0627. The van der Waals surface area contributed by atoms with E-state index in [1.807, 2.05) is 133 Å². The Morgan fingerprint density at radius 2 is 0.980 bits per heavy atom. The zero-order valence-corrected chi connectivity index (χ0v) is 27.8. The number of carbonyl (C=O) groups is 2. The number of hydrogen-bond acceptors (Lipinski definition) is 6. The number of pyridine rings is 2. The van der Waals surface area contributed by atoms with E-state index in [0.29, 0.717) is 56.9 Å². The van der Waals surface area contributed by atoms with Gasteiger partial charge in [-0.15, -0.1) is 0 Å². The van der Waals surface area contributed by atoms with Crippen molar-refractivity contribution in [3.63, 3.8) is 0 Å². The van der Waals surface area contributed by atoms with Crippen LogP contribution in [0, 0.1) is 0 Å². The van der Waals surface area contributed by atoms with Gasteiger partial charge in [-0.05, 0) is 93.1 Å². The first-order chi connectivity index (χ1) is 24.0. The van der Waals surface area contributed by atoms with Crippen molar-refractivity contribution in [2.45, 2.75) is 20.3 Å². The van der Waals surface area contributed by atoms with Gasteiger partial charge in [0.1, 0.15) is 11.5 Å². The average Bonchev–Trinajstić information content (AvgIpc) is 3.41. The van der Waals surface area contributed by atoms with Crippen LogP contribution in [0.3, 0.4) is 0 Å². The Hall–Kier alpha value is -5.76. The van der Waals surface area contributed by atoms with Crippen LogP contribution >= 0.6 is 0 Å². The molecule has 8 heteroatoms. The summed E-state index contributed by atoms with van der Waals surface area (Å²) in [5.41, 5.74) is 6.00. The molecule has 8 nitrogen and oxygen atoms in total. The zero-order valence-electron chi connectivity index (χ0n) is 27.8. The average molecular weight is 651 g/mol. The van der Waals surface area contributed by atoms with Crippen molar-refractivity contribution in [3.05, 3.63) is 120 Å². The number of rotatable bonds is 8. The minimum absolute atomic E-state index is 0.0627. The lowest BCUT2D eigenvalue weighted by atomic mass is 10.0. The lowest BCUT2D eigenvalue weighted by molar-refractivity contribution is 0.0720. The minimum Gasteiger partial charge on any atom is -0.494 e. The molecule has 0 saturated carbocycles. The summed E-state index contributed by atoms with van der Waals surface area (Å²) in [5.74, 6) is 1.46. The summed E-state index contributed by atoms with van der Waals surface area (Å²) in [6, 6.07) is 34.8. The van der Waals surface area contributed by atoms with E-state index >= 15 is 0 Å². The molecule has 0 bridgehead atoms. The highest BCUT2D eigenvalue weighted by molar-refractivity contribution is 6.08. The number of para-hydroxylation sites is 2. The van der Waals surface area contributed by atoms with Crippen molar-refractivity contribution in [1.82, 2.24) is 19.8 Å². The maximum Gasteiger partial charge on any atom is 0.254 e. The molecular formula is C41H38N4O4. The van der Waals surface area contributed by atoms with E-state index in [0.717, 1.165) is 55.8 Å². The molecule has 2 aromatic heterocycles. The summed E-state index contributed by atoms with van der Waals surface area (Å²) in [7, 11) is 0. The molecule has 2 amide bonds. The SMILES string of the molecule is CCOc1ccc(-c2cc(C(=O)N3CCCN(C(=O)c4cc(-c5ccc(OCC)cc5)nc5ccccc45)CC3)c3ccccc3n2)cc1. The Balaban J connectivity index is 1.15. The molecule has 1 aliphatic heterocycles. The summed E-state index contributed by atoms with van der Waals surface area (Å²) in [5, 5.41) is 1.62. The Morgan fingerprint density at radius 1 is 0.571 bits per heavy atom. The van der Waals surface area contributed by atoms with E-state index in [-0.39, 0.29) is 11.8 Å². The summed E-state index contributed by atoms with van der Waals surface area (Å²) in [4.78, 5) is 42.0. The zero-order chi connectivity index (χ0) is 33.7. The van der Waals surface area contributed by atoms with Gasteiger partial charge in [0.25, 0.3) is 11.8 Å². The number of aromatic nitrogens is 2. The highest BCUT2D eigenvalue weighted by Gasteiger charge is 2.26. The summed E-state index contributed by atoms with van der Waals surface area (Å²) in [6.07, 6.45) is 0.668. The van der Waals surface area contributed by atoms with E-state index in [1.54, 1.807) is 0 Å². The number of fused-ring (bicyclic) bond motifs is 2. The van der Waals surface area contributed by atoms with E-state index in [4.69, 9.17) is 19.4 Å². The first-order valence-electron chi connectivity index (χ1n) is 16.9. The lowest BCUT2D eigenvalue weighted by Crippen LogP contribution is -2.37. The standard InChI is InChI=1S/C41H38N4O4/c1-3-48-30-18-14-28(15-19-30)38-26-34(32-10-5-7-12-36(32)42-38)40(46)44-22-9-23-45(25-24-44)41(47)35-27-39(43-37-13-8-6-11-33(35)37)29-16-20-31(21-17-29)49-4-2/h5-8,10-21,26-27H,3-4,9,22-25H2,1-2H3. The van der Waals surface area contributed by atoms with E-state index in [1.165, 1.54) is 0 Å². The molecule has 0 spiro atoms. The molecule has 0 radical (unpaired) electrons. The molecule has 3 heterocycles. The molecule has 0 N–H and O–H groups in total. The fraction of sp³-hybridized carbons (Fsp3) is 0.220. The number of amides is 2. The van der Waals surface area contributed by atoms with Gasteiger partial charge in [-0.2, -0.15) is 0 Å². The van der Waals surface area contributed by atoms with E-state index in [9.17, 15) is 9.59 Å². The second-order valence-electron chi connectivity index (χ2n) is 12.0. The van der Waals surface area contributed by atoms with Crippen molar-refractivity contribution in [1.29, 1.82) is 0 Å². The normalized spacial score (nSPS) is 13.3. The molecular weight excluding hydrogens is 612 g/mol. The third kappa shape index (κ3) is 6.67. The van der Waals surface area contributed by atoms with Gasteiger partial charge < -0.3 is 19.3 Å². The van der Waals surface area contributed by atoms with Gasteiger partial charge in [-0.25, -0.2) is 9.97 Å². The molecule has 0 aliphatic carbocycles. The van der Waals surface area contributed by atoms with E-state index < -0.39 is 0 Å². The molecule has 0 atom stereocenters. The van der Waals surface area contributed by atoms with E-state index in [2.05, 4.69) is 0 Å². The Labute approximate surface area is 285 Å². The topological polar surface area (TPSA) is 84.9 Å². The Morgan fingerprint density at radius 3 is 1.39 bits per heavy atom. The van der Waals surface area contributed by atoms with Gasteiger partial charge in [0.2, 0.25) is 0 Å². The van der Waals surface area contributed by atoms with Gasteiger partial charge in [0.05, 0.1) is 46.8 Å². The first-order valence-corrected chi connectivity index (χ1v) is 16.9. The molecule has 6 aromatic rings. The van der Waals surface area contributed by atoms with Crippen LogP contribution in [-0.2, 0) is 0 Å². The van der Waals surface area contributed by atoms with Crippen molar-refractivity contribution < 1.29 is 19.1 Å². The van der Waals surface area contributed by atoms with Crippen LogP contribution in [0.5, 0.6) is 11.5 Å². The van der Waals surface area contributed by atoms with Crippen molar-refractivity contribution in [2.24, 2.45) is 0 Å². The molecule has 49 heavy (non-hydrogen) atoms. The number of carbonyl (C=O) groups excluding carboxylic acids is 2. The van der Waals surface area contributed by atoms with Crippen molar-refractivity contribution in [3.8, 4) is 34.0 Å². The highest BCUT2D eigenvalue weighted by Crippen LogP contribution is 2.30. The maximum absolute atomic E-state index is 14.2. The summed E-state index contributed by atoms with van der Waals surface area (Å²) in [6.45, 7) is 7.04. The molecule has 0 unspecified atom stereocenters. The molecule has 7 rings (SSSR count). The molecule has 4 aromatic carbocycles. The third-order valence-corrected chi connectivity index (χ3v) is 8.89. The second-order valence-corrected chi connectivity index (χ2v) is 12.0. The first kappa shape index (κ1) is 31.8. The van der Waals surface area contributed by atoms with Crippen LogP contribution in [0.25, 0.3) is 44.3 Å². The quantitative estimate of drug-likeness (QED) is 0.167. The summed E-state index contributed by atoms with van der Waals surface area (Å²) >= 11 is 0. The van der Waals surface area contributed by atoms with Crippen LogP contribution in [0.2, 0.25) is 0 Å². The number of nitrogens with zero attached hydrogens (tertiary/aromatic N) is 4. The number of benzene rings is 4. The van der Waals surface area contributed by atoms with Crippen LogP contribution in [0.4, 0.5) is 0 Å². The lowest BCUT2D eigenvalue weighted by Gasteiger charge is -2.23. The number of hydrogen-bond donors (Lipinski definition) is 0. The highest BCUT2D eigenvalue weighted by atomic mass is 16.5. The molecule has 1 saturated heterocycles. The predicted molar refractivity (Wildman–Crippen MR) is 193 cm³/mol. The molecule has 1 aliphatic rings. The van der Waals surface area contributed by atoms with Crippen LogP contribution in [-0.4, -0.2) is 71.0 Å². The van der Waals surface area contributed by atoms with Crippen LogP contribution in [0.15, 0.2) is 109 Å². The van der Waals surface area contributed by atoms with Crippen molar-refractivity contribution >= 4 is 33.6 Å². The molecule has 1 fully saturated rings. The van der Waals surface area contributed by atoms with Gasteiger partial charge >= 0.3 is 0 Å². The molecule has 246 valence electrons. The van der Waals surface area contributed by atoms with Crippen LogP contribution < -0.4 is 9.47 Å². The monoisotopic (exact) mass is 650 g/mol. The Bertz CT molecular complexity index is 1980. The van der Waals surface area contributed by atoms with Crippen LogP contribution in [0.1, 0.15) is 41.0 Å². The number of ether oxygens (including phenoxy) is 2. The van der Waals surface area contributed by atoms with Gasteiger partial charge in [-0.1, -0.05) is 36.4 Å². The van der Waals surface area contributed by atoms with Gasteiger partial charge in [0, 0.05) is 48.1 Å². The van der Waals surface area contributed by atoms with Gasteiger partial charge in [-0.3, -0.25) is 9.59 Å². The smallest absolute Gasteiger partial charge is 0.254 e. The fourth-order valence-corrected chi connectivity index (χ4v) is 6.44. The largest absolute Gasteiger partial charge is 0.494 e.